The summed E-state index contributed by atoms with van der Waals surface area (Å²) in [7, 11) is 0. The van der Waals surface area contributed by atoms with Crippen LogP contribution in [0.15, 0.2) is 5.11 Å². The van der Waals surface area contributed by atoms with E-state index in [0.717, 1.165) is 0 Å². The van der Waals surface area contributed by atoms with Crippen LogP contribution >= 0.6 is 0 Å². The number of azide groups is 1. The third kappa shape index (κ3) is 3.39. The maximum absolute atomic E-state index is 11.0. The fourth-order valence-electron chi connectivity index (χ4n) is 0.691. The predicted molar refractivity (Wildman–Crippen MR) is 42.4 cm³/mol. The fraction of sp³-hybridized carbons (Fsp3) is 0.833. The van der Waals surface area contributed by atoms with Gasteiger partial charge in [0.25, 0.3) is 0 Å². The molecule has 0 amide bonds. The SMILES string of the molecule is CCOC(O)(N=[N+]=[N-])C(=O)CCO. The molecule has 0 saturated heterocycles. The highest BCUT2D eigenvalue weighted by atomic mass is 16.6. The number of aliphatic hydroxyl groups excluding tert-OH is 1. The first-order valence-corrected chi connectivity index (χ1v) is 3.67. The second-order valence-corrected chi connectivity index (χ2v) is 2.13. The number of carbonyl (C=O) groups excluding carboxylic acids is 1. The number of aliphatic hydroxyl groups is 2. The van der Waals surface area contributed by atoms with Crippen LogP contribution in [0, 0.1) is 0 Å². The van der Waals surface area contributed by atoms with Gasteiger partial charge in [0.15, 0.2) is 5.78 Å². The number of hydrogen-bond donors (Lipinski definition) is 2. The van der Waals surface area contributed by atoms with E-state index < -0.39 is 18.3 Å². The van der Waals surface area contributed by atoms with Gasteiger partial charge in [-0.25, -0.2) is 0 Å². The van der Waals surface area contributed by atoms with Gasteiger partial charge in [-0.1, -0.05) is 0 Å². The zero-order valence-corrected chi connectivity index (χ0v) is 7.17. The molecule has 0 heterocycles. The van der Waals surface area contributed by atoms with Crippen LogP contribution in [0.5, 0.6) is 0 Å². The molecule has 0 aliphatic rings. The minimum Gasteiger partial charge on any atom is -0.396 e. The highest BCUT2D eigenvalue weighted by Crippen LogP contribution is 2.12. The quantitative estimate of drug-likeness (QED) is 0.263. The lowest BCUT2D eigenvalue weighted by Gasteiger charge is -2.19. The van der Waals surface area contributed by atoms with E-state index in [0.29, 0.717) is 0 Å². The molecular formula is C6H11N3O4. The van der Waals surface area contributed by atoms with Crippen LogP contribution < -0.4 is 0 Å². The molecule has 0 spiro atoms. The van der Waals surface area contributed by atoms with Crippen LogP contribution in [0.3, 0.4) is 0 Å². The maximum Gasteiger partial charge on any atom is 0.308 e. The average Bonchev–Trinajstić information content (AvgIpc) is 2.05. The van der Waals surface area contributed by atoms with Crippen LogP contribution in [-0.2, 0) is 9.53 Å². The van der Waals surface area contributed by atoms with Gasteiger partial charge in [0.1, 0.15) is 0 Å². The molecule has 2 N–H and O–H groups in total. The van der Waals surface area contributed by atoms with Crippen molar-refractivity contribution < 1.29 is 19.7 Å². The third-order valence-electron chi connectivity index (χ3n) is 1.23. The molecule has 7 heteroatoms. The van der Waals surface area contributed by atoms with Gasteiger partial charge in [-0.3, -0.25) is 4.79 Å². The normalized spacial score (nSPS) is 14.4. The molecule has 0 aliphatic heterocycles. The second kappa shape index (κ2) is 5.50. The highest BCUT2D eigenvalue weighted by Gasteiger charge is 2.34. The summed E-state index contributed by atoms with van der Waals surface area (Å²) in [4.78, 5) is 13.3. The van der Waals surface area contributed by atoms with Crippen molar-refractivity contribution in [1.82, 2.24) is 0 Å². The summed E-state index contributed by atoms with van der Waals surface area (Å²) in [6.07, 6.45) is -0.324. The first kappa shape index (κ1) is 11.9. The number of nitrogens with zero attached hydrogens (tertiary/aromatic N) is 3. The van der Waals surface area contributed by atoms with E-state index in [1.54, 1.807) is 0 Å². The van der Waals surface area contributed by atoms with Gasteiger partial charge < -0.3 is 14.9 Å². The molecular weight excluding hydrogens is 178 g/mol. The predicted octanol–water partition coefficient (Wildman–Crippen LogP) is -0.0692. The summed E-state index contributed by atoms with van der Waals surface area (Å²) in [6, 6.07) is 0. The molecule has 74 valence electrons. The summed E-state index contributed by atoms with van der Waals surface area (Å²) in [6.45, 7) is 1.12. The van der Waals surface area contributed by atoms with Crippen LogP contribution in [0.1, 0.15) is 13.3 Å². The Bertz CT molecular complexity index is 226. The molecule has 1 atom stereocenters. The average molecular weight is 189 g/mol. The van der Waals surface area contributed by atoms with Crippen LogP contribution in [0.2, 0.25) is 0 Å². The standard InChI is InChI=1S/C6H11N3O4/c1-2-13-6(12,8-9-7)5(11)3-4-10/h10,12H,2-4H2,1H3. The molecule has 13 heavy (non-hydrogen) atoms. The lowest BCUT2D eigenvalue weighted by Crippen LogP contribution is -2.39. The van der Waals surface area contributed by atoms with Crippen molar-refractivity contribution in [3.05, 3.63) is 10.4 Å². The molecule has 0 fully saturated rings. The molecule has 0 rings (SSSR count). The van der Waals surface area contributed by atoms with Crippen molar-refractivity contribution in [2.75, 3.05) is 13.2 Å². The Balaban J connectivity index is 4.56. The molecule has 7 nitrogen and oxygen atoms in total. The van der Waals surface area contributed by atoms with Gasteiger partial charge in [0, 0.05) is 17.9 Å². The van der Waals surface area contributed by atoms with Crippen molar-refractivity contribution in [2.45, 2.75) is 19.3 Å². The van der Waals surface area contributed by atoms with Crippen LogP contribution in [0.25, 0.3) is 10.4 Å². The van der Waals surface area contributed by atoms with E-state index in [1.807, 2.05) is 0 Å². The van der Waals surface area contributed by atoms with E-state index in [4.69, 9.17) is 10.6 Å². The first-order valence-electron chi connectivity index (χ1n) is 3.67. The smallest absolute Gasteiger partial charge is 0.308 e. The Hall–Kier alpha value is -1.14. The van der Waals surface area contributed by atoms with Crippen molar-refractivity contribution in [1.29, 1.82) is 0 Å². The Morgan fingerprint density at radius 1 is 1.77 bits per heavy atom. The molecule has 1 unspecified atom stereocenters. The van der Waals surface area contributed by atoms with Crippen molar-refractivity contribution in [3.8, 4) is 0 Å². The zero-order valence-electron chi connectivity index (χ0n) is 7.17. The van der Waals surface area contributed by atoms with Gasteiger partial charge in [-0.15, -0.1) is 0 Å². The number of ether oxygens (including phenoxy) is 1. The molecule has 0 saturated carbocycles. The number of Topliss-reactive ketones (excluding diaryl/α,β-unsaturated/α-hetero) is 1. The largest absolute Gasteiger partial charge is 0.396 e. The summed E-state index contributed by atoms with van der Waals surface area (Å²) >= 11 is 0. The molecule has 0 aromatic carbocycles. The maximum atomic E-state index is 11.0. The summed E-state index contributed by atoms with van der Waals surface area (Å²) in [5.74, 6) is -3.35. The molecule has 0 aromatic rings. The van der Waals surface area contributed by atoms with Gasteiger partial charge >= 0.3 is 5.91 Å². The summed E-state index contributed by atoms with van der Waals surface area (Å²) in [5.41, 5.74) is 8.05. The Morgan fingerprint density at radius 2 is 2.38 bits per heavy atom. The van der Waals surface area contributed by atoms with Crippen molar-refractivity contribution >= 4 is 5.78 Å². The lowest BCUT2D eigenvalue weighted by molar-refractivity contribution is -0.201. The number of rotatable bonds is 6. The topological polar surface area (TPSA) is 116 Å². The monoisotopic (exact) mass is 189 g/mol. The molecule has 0 bridgehead atoms. The van der Waals surface area contributed by atoms with Gasteiger partial charge in [0.2, 0.25) is 0 Å². The zero-order chi connectivity index (χ0) is 10.3. The van der Waals surface area contributed by atoms with E-state index in [-0.39, 0.29) is 13.0 Å². The Labute approximate surface area is 74.6 Å². The van der Waals surface area contributed by atoms with Gasteiger partial charge in [-0.05, 0) is 17.6 Å². The van der Waals surface area contributed by atoms with Crippen LogP contribution in [0.4, 0.5) is 0 Å². The number of hydrogen-bond acceptors (Lipinski definition) is 5. The van der Waals surface area contributed by atoms with Gasteiger partial charge in [0.05, 0.1) is 6.61 Å². The summed E-state index contributed by atoms with van der Waals surface area (Å²) in [5, 5.41) is 20.5. The minimum absolute atomic E-state index is 0.0205. The minimum atomic E-state index is -2.48. The number of ketones is 1. The fourth-order valence-corrected chi connectivity index (χ4v) is 0.691. The van der Waals surface area contributed by atoms with E-state index >= 15 is 0 Å². The van der Waals surface area contributed by atoms with Crippen molar-refractivity contribution in [2.24, 2.45) is 5.11 Å². The van der Waals surface area contributed by atoms with Crippen LogP contribution in [-0.4, -0.2) is 35.1 Å². The first-order chi connectivity index (χ1) is 6.10. The number of carbonyl (C=O) groups is 1. The van der Waals surface area contributed by atoms with E-state index in [1.165, 1.54) is 6.92 Å². The summed E-state index contributed by atoms with van der Waals surface area (Å²) < 4.78 is 4.56. The van der Waals surface area contributed by atoms with Gasteiger partial charge in [-0.2, -0.15) is 0 Å². The second-order valence-electron chi connectivity index (χ2n) is 2.13. The highest BCUT2D eigenvalue weighted by molar-refractivity contribution is 5.85. The van der Waals surface area contributed by atoms with E-state index in [9.17, 15) is 9.90 Å². The van der Waals surface area contributed by atoms with E-state index in [2.05, 4.69) is 14.8 Å². The lowest BCUT2D eigenvalue weighted by atomic mass is 10.2. The molecule has 0 aliphatic carbocycles. The Kier molecular flexibility index (Phi) is 5.01. The molecule has 0 aromatic heterocycles. The Morgan fingerprint density at radius 3 is 2.77 bits per heavy atom. The third-order valence-corrected chi connectivity index (χ3v) is 1.23. The molecule has 0 radical (unpaired) electrons. The van der Waals surface area contributed by atoms with Crippen molar-refractivity contribution in [3.63, 3.8) is 0 Å².